The number of aryl methyl sites for hydroxylation is 1. The summed E-state index contributed by atoms with van der Waals surface area (Å²) in [5.41, 5.74) is 1.02. The largest absolute Gasteiger partial charge is 0.496 e. The Morgan fingerprint density at radius 3 is 2.43 bits per heavy atom. The maximum atomic E-state index is 12.0. The van der Waals surface area contributed by atoms with Gasteiger partial charge in [0.05, 0.1) is 24.4 Å². The van der Waals surface area contributed by atoms with Crippen LogP contribution in [0.3, 0.4) is 0 Å². The van der Waals surface area contributed by atoms with E-state index in [0.29, 0.717) is 19.0 Å². The lowest BCUT2D eigenvalue weighted by atomic mass is 9.79. The van der Waals surface area contributed by atoms with E-state index in [4.69, 9.17) is 14.0 Å². The normalized spacial score (nSPS) is 23.4. The Bertz CT molecular complexity index is 617. The predicted octanol–water partition coefficient (Wildman–Crippen LogP) is 1.05. The van der Waals surface area contributed by atoms with Gasteiger partial charge in [-0.2, -0.15) is 0 Å². The van der Waals surface area contributed by atoms with E-state index in [1.54, 1.807) is 11.1 Å². The first-order valence-electron chi connectivity index (χ1n) is 7.91. The molecular formula is C16H23BN2O4. The third kappa shape index (κ3) is 2.89. The van der Waals surface area contributed by atoms with Gasteiger partial charge in [-0.25, -0.2) is 4.98 Å². The molecule has 0 radical (unpaired) electrons. The summed E-state index contributed by atoms with van der Waals surface area (Å²) in [6.07, 6.45) is 1.73. The topological polar surface area (TPSA) is 60.9 Å². The number of hydrogen-bond donors (Lipinski definition) is 0. The van der Waals surface area contributed by atoms with E-state index in [-0.39, 0.29) is 23.7 Å². The molecule has 124 valence electrons. The third-order valence-electron chi connectivity index (χ3n) is 4.84. The van der Waals surface area contributed by atoms with Crippen LogP contribution in [0, 0.1) is 6.92 Å². The molecule has 0 atom stereocenters. The van der Waals surface area contributed by atoms with Crippen molar-refractivity contribution < 1.29 is 18.8 Å². The number of anilines is 1. The highest BCUT2D eigenvalue weighted by molar-refractivity contribution is 6.62. The molecule has 0 aliphatic carbocycles. The number of rotatable bonds is 2. The molecule has 23 heavy (non-hydrogen) atoms. The highest BCUT2D eigenvalue weighted by Gasteiger charge is 2.51. The molecule has 2 saturated heterocycles. The van der Waals surface area contributed by atoms with Crippen LogP contribution < -0.4 is 10.4 Å². The van der Waals surface area contributed by atoms with Crippen LogP contribution in [0.1, 0.15) is 33.3 Å². The molecule has 2 aliphatic heterocycles. The fraction of sp³-hybridized carbons (Fsp3) is 0.625. The fourth-order valence-electron chi connectivity index (χ4n) is 2.72. The maximum absolute atomic E-state index is 12.0. The molecule has 7 heteroatoms. The highest BCUT2D eigenvalue weighted by Crippen LogP contribution is 2.36. The third-order valence-corrected chi connectivity index (χ3v) is 4.84. The summed E-state index contributed by atoms with van der Waals surface area (Å²) >= 11 is 0. The SMILES string of the molecule is Cc1cc(B2OC(C)(C)C(C)(C)O2)cnc1N1CCOCC1=O. The van der Waals surface area contributed by atoms with E-state index in [1.165, 1.54) is 0 Å². The molecule has 0 N–H and O–H groups in total. The molecule has 0 unspecified atom stereocenters. The maximum Gasteiger partial charge on any atom is 0.496 e. The number of carbonyl (C=O) groups excluding carboxylic acids is 1. The minimum absolute atomic E-state index is 0.0600. The van der Waals surface area contributed by atoms with Crippen LogP contribution in [0.4, 0.5) is 5.82 Å². The number of pyridine rings is 1. The van der Waals surface area contributed by atoms with E-state index in [9.17, 15) is 4.79 Å². The Labute approximate surface area is 137 Å². The minimum Gasteiger partial charge on any atom is -0.399 e. The van der Waals surface area contributed by atoms with Gasteiger partial charge in [-0.15, -0.1) is 0 Å². The average Bonchev–Trinajstić information content (AvgIpc) is 2.68. The van der Waals surface area contributed by atoms with Gasteiger partial charge in [-0.3, -0.25) is 9.69 Å². The van der Waals surface area contributed by atoms with Crippen molar-refractivity contribution in [1.29, 1.82) is 0 Å². The predicted molar refractivity (Wildman–Crippen MR) is 87.9 cm³/mol. The number of carbonyl (C=O) groups is 1. The molecule has 0 spiro atoms. The van der Waals surface area contributed by atoms with Crippen molar-refractivity contribution in [2.75, 3.05) is 24.7 Å². The minimum atomic E-state index is -0.444. The molecule has 3 heterocycles. The fourth-order valence-corrected chi connectivity index (χ4v) is 2.72. The van der Waals surface area contributed by atoms with Crippen LogP contribution in [0.25, 0.3) is 0 Å². The smallest absolute Gasteiger partial charge is 0.399 e. The molecule has 0 aromatic carbocycles. The zero-order chi connectivity index (χ0) is 16.8. The number of hydrogen-bond acceptors (Lipinski definition) is 5. The molecule has 2 fully saturated rings. The van der Waals surface area contributed by atoms with Crippen molar-refractivity contribution in [3.8, 4) is 0 Å². The van der Waals surface area contributed by atoms with Crippen molar-refractivity contribution in [2.24, 2.45) is 0 Å². The van der Waals surface area contributed by atoms with Crippen molar-refractivity contribution >= 4 is 24.3 Å². The van der Waals surface area contributed by atoms with Crippen molar-refractivity contribution in [1.82, 2.24) is 4.98 Å². The van der Waals surface area contributed by atoms with E-state index >= 15 is 0 Å². The lowest BCUT2D eigenvalue weighted by molar-refractivity contribution is -0.125. The molecule has 1 aromatic heterocycles. The van der Waals surface area contributed by atoms with Gasteiger partial charge in [0.2, 0.25) is 0 Å². The number of ether oxygens (including phenoxy) is 1. The summed E-state index contributed by atoms with van der Waals surface area (Å²) in [6, 6.07) is 1.98. The van der Waals surface area contributed by atoms with Crippen molar-refractivity contribution in [3.05, 3.63) is 17.8 Å². The van der Waals surface area contributed by atoms with Crippen molar-refractivity contribution in [3.63, 3.8) is 0 Å². The van der Waals surface area contributed by atoms with Gasteiger partial charge in [0.15, 0.2) is 0 Å². The number of amides is 1. The summed E-state index contributed by atoms with van der Waals surface area (Å²) in [5, 5.41) is 0. The number of morpholine rings is 1. The lowest BCUT2D eigenvalue weighted by Crippen LogP contribution is -2.43. The van der Waals surface area contributed by atoms with Crippen LogP contribution in [-0.2, 0) is 18.8 Å². The highest BCUT2D eigenvalue weighted by atomic mass is 16.7. The van der Waals surface area contributed by atoms with Crippen LogP contribution in [-0.4, -0.2) is 49.0 Å². The zero-order valence-electron chi connectivity index (χ0n) is 14.4. The number of nitrogens with zero attached hydrogens (tertiary/aromatic N) is 2. The van der Waals surface area contributed by atoms with Crippen LogP contribution in [0.15, 0.2) is 12.3 Å². The molecule has 6 nitrogen and oxygen atoms in total. The summed E-state index contributed by atoms with van der Waals surface area (Å²) in [7, 11) is -0.444. The van der Waals surface area contributed by atoms with Gasteiger partial charge in [0.25, 0.3) is 5.91 Å². The van der Waals surface area contributed by atoms with Gasteiger partial charge in [0.1, 0.15) is 12.4 Å². The molecular weight excluding hydrogens is 295 g/mol. The second kappa shape index (κ2) is 5.58. The van der Waals surface area contributed by atoms with E-state index in [1.807, 2.05) is 40.7 Å². The van der Waals surface area contributed by atoms with E-state index in [0.717, 1.165) is 11.0 Å². The Morgan fingerprint density at radius 2 is 1.87 bits per heavy atom. The second-order valence-electron chi connectivity index (χ2n) is 7.10. The molecule has 0 bridgehead atoms. The first kappa shape index (κ1) is 16.4. The van der Waals surface area contributed by atoms with Crippen molar-refractivity contribution in [2.45, 2.75) is 45.8 Å². The lowest BCUT2D eigenvalue weighted by Gasteiger charge is -2.32. The Hall–Kier alpha value is -1.44. The number of aromatic nitrogens is 1. The first-order valence-corrected chi connectivity index (χ1v) is 7.91. The molecule has 0 saturated carbocycles. The average molecular weight is 318 g/mol. The molecule has 1 amide bonds. The van der Waals surface area contributed by atoms with Gasteiger partial charge in [-0.05, 0) is 40.2 Å². The second-order valence-corrected chi connectivity index (χ2v) is 7.10. The summed E-state index contributed by atoms with van der Waals surface area (Å²) < 4.78 is 17.3. The first-order chi connectivity index (χ1) is 10.7. The molecule has 3 rings (SSSR count). The van der Waals surface area contributed by atoms with Gasteiger partial charge in [0, 0.05) is 11.7 Å². The summed E-state index contributed by atoms with van der Waals surface area (Å²) in [5.74, 6) is 0.619. The summed E-state index contributed by atoms with van der Waals surface area (Å²) in [4.78, 5) is 18.1. The van der Waals surface area contributed by atoms with Gasteiger partial charge < -0.3 is 14.0 Å². The van der Waals surface area contributed by atoms with Gasteiger partial charge >= 0.3 is 7.12 Å². The molecule has 1 aromatic rings. The molecule has 2 aliphatic rings. The Kier molecular flexibility index (Phi) is 3.98. The summed E-state index contributed by atoms with van der Waals surface area (Å²) in [6.45, 7) is 11.2. The van der Waals surface area contributed by atoms with E-state index < -0.39 is 7.12 Å². The Balaban J connectivity index is 1.84. The van der Waals surface area contributed by atoms with E-state index in [2.05, 4.69) is 4.98 Å². The van der Waals surface area contributed by atoms with Gasteiger partial charge in [-0.1, -0.05) is 6.07 Å². The zero-order valence-corrected chi connectivity index (χ0v) is 14.4. The van der Waals surface area contributed by atoms with Crippen LogP contribution in [0.5, 0.6) is 0 Å². The van der Waals surface area contributed by atoms with Crippen LogP contribution in [0.2, 0.25) is 0 Å². The van der Waals surface area contributed by atoms with Crippen LogP contribution >= 0.6 is 0 Å². The Morgan fingerprint density at radius 1 is 1.22 bits per heavy atom. The quantitative estimate of drug-likeness (QED) is 0.763. The monoisotopic (exact) mass is 318 g/mol. The standard InChI is InChI=1S/C16H23BN2O4/c1-11-8-12(17-22-15(2,3)16(4,5)23-17)9-18-14(11)19-6-7-21-10-13(19)20/h8-9H,6-7,10H2,1-5H3.